The summed E-state index contributed by atoms with van der Waals surface area (Å²) >= 11 is 0. The Bertz CT molecular complexity index is 322. The van der Waals surface area contributed by atoms with Crippen LogP contribution in [0.5, 0.6) is 0 Å². The van der Waals surface area contributed by atoms with Crippen molar-refractivity contribution in [3.8, 4) is 0 Å². The van der Waals surface area contributed by atoms with E-state index in [1.54, 1.807) is 0 Å². The van der Waals surface area contributed by atoms with Crippen LogP contribution in [0.25, 0.3) is 0 Å². The van der Waals surface area contributed by atoms with Crippen LogP contribution in [-0.2, 0) is 9.59 Å². The lowest BCUT2D eigenvalue weighted by atomic mass is 9.93. The summed E-state index contributed by atoms with van der Waals surface area (Å²) in [6.07, 6.45) is 6.08. The molecule has 6 heteroatoms. The van der Waals surface area contributed by atoms with E-state index in [-0.39, 0.29) is 30.1 Å². The number of amides is 2. The molecule has 1 aliphatic carbocycles. The predicted molar refractivity (Wildman–Crippen MR) is 76.0 cm³/mol. The quantitative estimate of drug-likeness (QED) is 0.715. The number of hydrogen-bond acceptors (Lipinski definition) is 3. The second-order valence-corrected chi connectivity index (χ2v) is 5.52. The molecule has 1 unspecified atom stereocenters. The Morgan fingerprint density at radius 2 is 1.79 bits per heavy atom. The summed E-state index contributed by atoms with van der Waals surface area (Å²) in [7, 11) is 0. The first-order valence-corrected chi connectivity index (χ1v) is 6.97. The smallest absolute Gasteiger partial charge is 0.243 e. The molecule has 1 heterocycles. The van der Waals surface area contributed by atoms with Crippen molar-refractivity contribution in [1.29, 1.82) is 0 Å². The van der Waals surface area contributed by atoms with Gasteiger partial charge in [-0.3, -0.25) is 9.59 Å². The highest BCUT2D eigenvalue weighted by Crippen LogP contribution is 2.30. The minimum Gasteiger partial charge on any atom is -0.368 e. The summed E-state index contributed by atoms with van der Waals surface area (Å²) < 4.78 is 0. The Kier molecular flexibility index (Phi) is 6.07. The van der Waals surface area contributed by atoms with Gasteiger partial charge in [0.2, 0.25) is 11.8 Å². The van der Waals surface area contributed by atoms with Crippen molar-refractivity contribution in [2.24, 2.45) is 11.7 Å². The summed E-state index contributed by atoms with van der Waals surface area (Å²) in [6.45, 7) is 1.85. The molecule has 0 bridgehead atoms. The molecular formula is C13H24ClN3O2. The lowest BCUT2D eigenvalue weighted by Crippen LogP contribution is -2.57. The van der Waals surface area contributed by atoms with Gasteiger partial charge in [-0.2, -0.15) is 0 Å². The maximum Gasteiger partial charge on any atom is 0.243 e. The molecule has 1 saturated heterocycles. The van der Waals surface area contributed by atoms with E-state index >= 15 is 0 Å². The van der Waals surface area contributed by atoms with Crippen molar-refractivity contribution < 1.29 is 9.59 Å². The number of halogens is 1. The van der Waals surface area contributed by atoms with E-state index in [4.69, 9.17) is 5.73 Å². The van der Waals surface area contributed by atoms with Gasteiger partial charge >= 0.3 is 0 Å². The number of hydrogen-bond donors (Lipinski definition) is 3. The van der Waals surface area contributed by atoms with Crippen molar-refractivity contribution in [2.45, 2.75) is 50.5 Å². The van der Waals surface area contributed by atoms with Crippen LogP contribution in [0.15, 0.2) is 0 Å². The third-order valence-electron chi connectivity index (χ3n) is 4.24. The maximum absolute atomic E-state index is 12.3. The Labute approximate surface area is 120 Å². The largest absolute Gasteiger partial charge is 0.368 e. The Hall–Kier alpha value is -0.810. The number of carbonyl (C=O) groups excluding carboxylic acids is 2. The predicted octanol–water partition coefficient (Wildman–Crippen LogP) is 0.712. The normalized spacial score (nSPS) is 26.0. The third kappa shape index (κ3) is 3.83. The molecule has 1 aliphatic heterocycles. The van der Waals surface area contributed by atoms with E-state index in [1.165, 1.54) is 0 Å². The van der Waals surface area contributed by atoms with Gasteiger partial charge in [0.15, 0.2) is 0 Å². The average Bonchev–Trinajstić information content (AvgIpc) is 2.65. The average molecular weight is 290 g/mol. The third-order valence-corrected chi connectivity index (χ3v) is 4.24. The Morgan fingerprint density at radius 3 is 2.42 bits per heavy atom. The number of carbonyl (C=O) groups is 2. The van der Waals surface area contributed by atoms with Gasteiger partial charge in [-0.15, -0.1) is 12.4 Å². The van der Waals surface area contributed by atoms with E-state index in [9.17, 15) is 9.59 Å². The van der Waals surface area contributed by atoms with E-state index < -0.39 is 5.54 Å². The molecule has 2 fully saturated rings. The van der Waals surface area contributed by atoms with Crippen molar-refractivity contribution in [3.63, 3.8) is 0 Å². The van der Waals surface area contributed by atoms with Crippen LogP contribution < -0.4 is 16.4 Å². The van der Waals surface area contributed by atoms with Crippen LogP contribution in [0.1, 0.15) is 44.9 Å². The zero-order valence-electron chi connectivity index (χ0n) is 11.2. The molecule has 19 heavy (non-hydrogen) atoms. The molecule has 1 atom stereocenters. The molecule has 0 aromatic rings. The molecule has 0 aromatic carbocycles. The summed E-state index contributed by atoms with van der Waals surface area (Å²) in [5, 5.41) is 6.23. The minimum atomic E-state index is -0.767. The molecule has 2 amide bonds. The Balaban J connectivity index is 0.00000180. The monoisotopic (exact) mass is 289 g/mol. The summed E-state index contributed by atoms with van der Waals surface area (Å²) in [6, 6.07) is 0. The van der Waals surface area contributed by atoms with Crippen molar-refractivity contribution in [1.82, 2.24) is 10.6 Å². The topological polar surface area (TPSA) is 84.2 Å². The van der Waals surface area contributed by atoms with Crippen LogP contribution in [0.3, 0.4) is 0 Å². The van der Waals surface area contributed by atoms with Gasteiger partial charge in [0.1, 0.15) is 5.54 Å². The van der Waals surface area contributed by atoms with E-state index in [2.05, 4.69) is 10.6 Å². The highest BCUT2D eigenvalue weighted by molar-refractivity contribution is 5.91. The van der Waals surface area contributed by atoms with E-state index in [0.29, 0.717) is 12.8 Å². The SMILES string of the molecule is Cl.NC(=O)C1(NC(=O)C2CCCNCC2)CCCC1. The molecule has 0 radical (unpaired) electrons. The summed E-state index contributed by atoms with van der Waals surface area (Å²) in [5.74, 6) is -0.337. The molecule has 0 aromatic heterocycles. The van der Waals surface area contributed by atoms with Crippen molar-refractivity contribution in [2.75, 3.05) is 13.1 Å². The molecular weight excluding hydrogens is 266 g/mol. The van der Waals surface area contributed by atoms with E-state index in [1.807, 2.05) is 0 Å². The van der Waals surface area contributed by atoms with Gasteiger partial charge in [-0.25, -0.2) is 0 Å². The minimum absolute atomic E-state index is 0. The molecule has 1 saturated carbocycles. The van der Waals surface area contributed by atoms with Crippen molar-refractivity contribution >= 4 is 24.2 Å². The lowest BCUT2D eigenvalue weighted by Gasteiger charge is -2.28. The second-order valence-electron chi connectivity index (χ2n) is 5.52. The first-order valence-electron chi connectivity index (χ1n) is 6.97. The summed E-state index contributed by atoms with van der Waals surface area (Å²) in [4.78, 5) is 23.9. The molecule has 0 spiro atoms. The first kappa shape index (κ1) is 16.2. The number of nitrogens with one attached hydrogen (secondary N) is 2. The highest BCUT2D eigenvalue weighted by atomic mass is 35.5. The second kappa shape index (κ2) is 7.10. The van der Waals surface area contributed by atoms with Gasteiger partial charge < -0.3 is 16.4 Å². The number of nitrogens with two attached hydrogens (primary N) is 1. The van der Waals surface area contributed by atoms with Gasteiger partial charge in [-0.1, -0.05) is 12.8 Å². The molecule has 5 nitrogen and oxygen atoms in total. The zero-order valence-corrected chi connectivity index (χ0v) is 12.1. The zero-order chi connectivity index (χ0) is 13.0. The lowest BCUT2D eigenvalue weighted by molar-refractivity contribution is -0.133. The molecule has 110 valence electrons. The van der Waals surface area contributed by atoms with Crippen LogP contribution >= 0.6 is 12.4 Å². The van der Waals surface area contributed by atoms with Crippen LogP contribution in [0.2, 0.25) is 0 Å². The standard InChI is InChI=1S/C13H23N3O2.ClH/c14-12(18)13(6-1-2-7-13)16-11(17)10-4-3-8-15-9-5-10;/h10,15H,1-9H2,(H2,14,18)(H,16,17);1H. The maximum atomic E-state index is 12.3. The van der Waals surface area contributed by atoms with Gasteiger partial charge in [0.05, 0.1) is 0 Å². The van der Waals surface area contributed by atoms with Gasteiger partial charge in [0, 0.05) is 5.92 Å². The van der Waals surface area contributed by atoms with Gasteiger partial charge in [0.25, 0.3) is 0 Å². The van der Waals surface area contributed by atoms with Crippen LogP contribution in [0, 0.1) is 5.92 Å². The first-order chi connectivity index (χ1) is 8.64. The fourth-order valence-corrected chi connectivity index (χ4v) is 3.03. The van der Waals surface area contributed by atoms with Gasteiger partial charge in [-0.05, 0) is 45.2 Å². The molecule has 4 N–H and O–H groups in total. The van der Waals surface area contributed by atoms with Crippen LogP contribution in [-0.4, -0.2) is 30.4 Å². The van der Waals surface area contributed by atoms with E-state index in [0.717, 1.165) is 45.2 Å². The number of primary amides is 1. The fourth-order valence-electron chi connectivity index (χ4n) is 3.03. The Morgan fingerprint density at radius 1 is 1.11 bits per heavy atom. The summed E-state index contributed by atoms with van der Waals surface area (Å²) in [5.41, 5.74) is 4.71. The highest BCUT2D eigenvalue weighted by Gasteiger charge is 2.41. The van der Waals surface area contributed by atoms with Crippen LogP contribution in [0.4, 0.5) is 0 Å². The molecule has 2 rings (SSSR count). The number of rotatable bonds is 3. The fraction of sp³-hybridized carbons (Fsp3) is 0.846. The van der Waals surface area contributed by atoms with Crippen molar-refractivity contribution in [3.05, 3.63) is 0 Å². The molecule has 2 aliphatic rings.